The van der Waals surface area contributed by atoms with Crippen LogP contribution in [0.2, 0.25) is 0 Å². The van der Waals surface area contributed by atoms with Crippen LogP contribution in [0.15, 0.2) is 54.3 Å². The Morgan fingerprint density at radius 3 is 2.48 bits per heavy atom. The van der Waals surface area contributed by atoms with Crippen LogP contribution in [-0.4, -0.2) is 55.1 Å². The Kier molecular flexibility index (Phi) is 7.65. The van der Waals surface area contributed by atoms with E-state index in [-0.39, 0.29) is 6.61 Å². The molecule has 1 atom stereocenters. The van der Waals surface area contributed by atoms with E-state index in [9.17, 15) is 13.0 Å². The molecule has 0 radical (unpaired) electrons. The Hall–Kier alpha value is -2.09. The fourth-order valence-corrected chi connectivity index (χ4v) is 3.98. The third-order valence-corrected chi connectivity index (χ3v) is 5.75. The summed E-state index contributed by atoms with van der Waals surface area (Å²) < 4.78 is 32.7. The Balaban J connectivity index is 2.04. The van der Waals surface area contributed by atoms with Crippen LogP contribution in [-0.2, 0) is 10.1 Å². The summed E-state index contributed by atoms with van der Waals surface area (Å²) in [5.74, 6) is 0. The first kappa shape index (κ1) is 21.2. The topological polar surface area (TPSA) is 81.1 Å². The van der Waals surface area contributed by atoms with E-state index in [2.05, 4.69) is 6.08 Å². The first-order chi connectivity index (χ1) is 12.8. The molecule has 6 nitrogen and oxygen atoms in total. The van der Waals surface area contributed by atoms with Crippen LogP contribution in [0.3, 0.4) is 0 Å². The number of aliphatic hydroxyl groups is 1. The van der Waals surface area contributed by atoms with Gasteiger partial charge in [-0.3, -0.25) is 4.55 Å². The predicted molar refractivity (Wildman–Crippen MR) is 110 cm³/mol. The third kappa shape index (κ3) is 6.23. The number of benzene rings is 1. The van der Waals surface area contributed by atoms with Gasteiger partial charge in [0.1, 0.15) is 0 Å². The Labute approximate surface area is 161 Å². The summed E-state index contributed by atoms with van der Waals surface area (Å²) in [5.41, 5.74) is 2.83. The molecule has 1 aromatic carbocycles. The lowest BCUT2D eigenvalue weighted by atomic mass is 10.1. The maximum Gasteiger partial charge on any atom is 0.286 e. The first-order valence-electron chi connectivity index (χ1n) is 9.05. The molecule has 7 heteroatoms. The second-order valence-electron chi connectivity index (χ2n) is 6.53. The van der Waals surface area contributed by atoms with Gasteiger partial charge in [-0.05, 0) is 35.8 Å². The number of β-amino-alcohol motifs (C(OH)–C–C–N with tert-alkyl or cyclic N) is 1. The van der Waals surface area contributed by atoms with Gasteiger partial charge in [-0.25, -0.2) is 0 Å². The quantitative estimate of drug-likeness (QED) is 0.629. The minimum Gasteiger partial charge on any atom is -0.395 e. The molecule has 1 aromatic rings. The van der Waals surface area contributed by atoms with E-state index in [4.69, 9.17) is 5.11 Å². The summed E-state index contributed by atoms with van der Waals surface area (Å²) in [7, 11) is -2.47. The van der Waals surface area contributed by atoms with Gasteiger partial charge in [0.15, 0.2) is 5.37 Å². The minimum absolute atomic E-state index is 0.140. The highest BCUT2D eigenvalue weighted by Crippen LogP contribution is 2.22. The van der Waals surface area contributed by atoms with Gasteiger partial charge >= 0.3 is 0 Å². The summed E-state index contributed by atoms with van der Waals surface area (Å²) in [6.07, 6.45) is 11.1. The molecule has 0 bridgehead atoms. The molecule has 1 aliphatic rings. The molecule has 27 heavy (non-hydrogen) atoms. The molecule has 0 fully saturated rings. The maximum absolute atomic E-state index is 11.6. The number of nitrogens with zero attached hydrogens (tertiary/aromatic N) is 2. The fourth-order valence-electron chi connectivity index (χ4n) is 2.93. The lowest BCUT2D eigenvalue weighted by Crippen LogP contribution is -2.38. The van der Waals surface area contributed by atoms with Gasteiger partial charge in [-0.15, -0.1) is 0 Å². The molecule has 1 aliphatic heterocycles. The molecule has 0 saturated heterocycles. The molecular formula is C20H28N2O4S. The van der Waals surface area contributed by atoms with Gasteiger partial charge in [0.05, 0.1) is 6.61 Å². The highest BCUT2D eigenvalue weighted by Gasteiger charge is 2.26. The van der Waals surface area contributed by atoms with Gasteiger partial charge in [0.25, 0.3) is 10.1 Å². The summed E-state index contributed by atoms with van der Waals surface area (Å²) >= 11 is 0. The third-order valence-electron chi connectivity index (χ3n) is 4.51. The van der Waals surface area contributed by atoms with Crippen molar-refractivity contribution >= 4 is 21.9 Å². The molecule has 0 aliphatic carbocycles. The van der Waals surface area contributed by atoms with Crippen molar-refractivity contribution in [3.63, 3.8) is 0 Å². The normalized spacial score (nSPS) is 15.9. The summed E-state index contributed by atoms with van der Waals surface area (Å²) in [5, 5.41) is 8.00. The van der Waals surface area contributed by atoms with E-state index in [1.54, 1.807) is 11.9 Å². The van der Waals surface area contributed by atoms with Crippen LogP contribution in [0.1, 0.15) is 25.3 Å². The number of allylic oxidation sites excluding steroid dienone is 3. The van der Waals surface area contributed by atoms with Gasteiger partial charge in [0, 0.05) is 32.0 Å². The van der Waals surface area contributed by atoms with Crippen molar-refractivity contribution in [3.05, 3.63) is 59.8 Å². The van der Waals surface area contributed by atoms with Crippen molar-refractivity contribution < 1.29 is 18.1 Å². The van der Waals surface area contributed by atoms with Crippen molar-refractivity contribution in [1.29, 1.82) is 0 Å². The molecule has 0 spiro atoms. The van der Waals surface area contributed by atoms with Crippen LogP contribution in [0.25, 0.3) is 6.08 Å². The first-order valence-corrected chi connectivity index (χ1v) is 10.6. The van der Waals surface area contributed by atoms with Crippen molar-refractivity contribution in [3.8, 4) is 0 Å². The largest absolute Gasteiger partial charge is 0.395 e. The van der Waals surface area contributed by atoms with E-state index >= 15 is 0 Å². The van der Waals surface area contributed by atoms with E-state index in [1.807, 2.05) is 60.5 Å². The molecular weight excluding hydrogens is 364 g/mol. The van der Waals surface area contributed by atoms with Crippen LogP contribution >= 0.6 is 0 Å². The van der Waals surface area contributed by atoms with Gasteiger partial charge in [-0.2, -0.15) is 8.42 Å². The van der Waals surface area contributed by atoms with Crippen LogP contribution in [0.5, 0.6) is 0 Å². The predicted octanol–water partition coefficient (Wildman–Crippen LogP) is 2.90. The second kappa shape index (κ2) is 9.73. The Morgan fingerprint density at radius 2 is 1.96 bits per heavy atom. The van der Waals surface area contributed by atoms with Gasteiger partial charge in [0.2, 0.25) is 0 Å². The SMILES string of the molecule is CCCC(N(C)c1ccc(/C=C/C2=CCN(CCO)C=C2)cc1)S(=O)(=O)O. The van der Waals surface area contributed by atoms with Crippen molar-refractivity contribution in [2.45, 2.75) is 25.1 Å². The number of hydrogen-bond donors (Lipinski definition) is 2. The molecule has 2 rings (SSSR count). The molecule has 0 saturated carbocycles. The monoisotopic (exact) mass is 392 g/mol. The second-order valence-corrected chi connectivity index (χ2v) is 8.11. The number of aliphatic hydroxyl groups excluding tert-OH is 1. The lowest BCUT2D eigenvalue weighted by Gasteiger charge is -2.27. The molecule has 148 valence electrons. The highest BCUT2D eigenvalue weighted by atomic mass is 32.2. The van der Waals surface area contributed by atoms with E-state index in [0.29, 0.717) is 19.4 Å². The van der Waals surface area contributed by atoms with Crippen LogP contribution in [0, 0.1) is 0 Å². The number of anilines is 1. The molecule has 1 unspecified atom stereocenters. The fraction of sp³-hybridized carbons (Fsp3) is 0.400. The standard InChI is InChI=1S/C20H28N2O4S/c1-3-4-20(27(24,25)26)21(2)19-9-7-17(8-10-19)5-6-18-11-13-22(14-12-18)15-16-23/h5-13,20,23H,3-4,14-16H2,1-2H3,(H,24,25,26)/b6-5+. The van der Waals surface area contributed by atoms with Crippen molar-refractivity contribution in [2.75, 3.05) is 31.6 Å². The van der Waals surface area contributed by atoms with Crippen molar-refractivity contribution in [2.24, 2.45) is 0 Å². The summed E-state index contributed by atoms with van der Waals surface area (Å²) in [6.45, 7) is 3.43. The molecule has 0 aromatic heterocycles. The zero-order valence-electron chi connectivity index (χ0n) is 15.8. The molecule has 1 heterocycles. The van der Waals surface area contributed by atoms with Crippen LogP contribution in [0.4, 0.5) is 5.69 Å². The van der Waals surface area contributed by atoms with E-state index < -0.39 is 15.5 Å². The smallest absolute Gasteiger partial charge is 0.286 e. The number of rotatable bonds is 9. The lowest BCUT2D eigenvalue weighted by molar-refractivity contribution is 0.244. The van der Waals surface area contributed by atoms with Gasteiger partial charge < -0.3 is 14.9 Å². The van der Waals surface area contributed by atoms with E-state index in [1.165, 1.54) is 0 Å². The molecule has 0 amide bonds. The average Bonchev–Trinajstić information content (AvgIpc) is 2.65. The maximum atomic E-state index is 11.6. The summed E-state index contributed by atoms with van der Waals surface area (Å²) in [6, 6.07) is 7.53. The number of hydrogen-bond acceptors (Lipinski definition) is 5. The highest BCUT2D eigenvalue weighted by molar-refractivity contribution is 7.86. The molecule has 2 N–H and O–H groups in total. The zero-order chi connectivity index (χ0) is 19.9. The Morgan fingerprint density at radius 1 is 1.26 bits per heavy atom. The van der Waals surface area contributed by atoms with Gasteiger partial charge in [-0.1, -0.05) is 43.7 Å². The summed E-state index contributed by atoms with van der Waals surface area (Å²) in [4.78, 5) is 3.62. The van der Waals surface area contributed by atoms with Crippen LogP contribution < -0.4 is 4.90 Å². The minimum atomic E-state index is -4.14. The van der Waals surface area contributed by atoms with Crippen molar-refractivity contribution in [1.82, 2.24) is 4.90 Å². The van der Waals surface area contributed by atoms with E-state index in [0.717, 1.165) is 23.4 Å². The zero-order valence-corrected chi connectivity index (χ0v) is 16.6. The average molecular weight is 393 g/mol. The Bertz CT molecular complexity index is 798.